The van der Waals surface area contributed by atoms with Crippen molar-refractivity contribution in [2.45, 2.75) is 20.6 Å². The van der Waals surface area contributed by atoms with E-state index in [0.29, 0.717) is 23.7 Å². The minimum Gasteiger partial charge on any atom is -0.362 e. The van der Waals surface area contributed by atoms with E-state index in [1.807, 2.05) is 20.9 Å². The standard InChI is InChI=1S/C12H17N5O2/c1-8-11(9(2)16(3)15-8)12(18)14-10-5-13-17(6-10)7-19-4/h5-6H,7H2,1-4H3,(H,14,18). The van der Waals surface area contributed by atoms with Crippen LogP contribution in [0.2, 0.25) is 0 Å². The summed E-state index contributed by atoms with van der Waals surface area (Å²) in [6, 6.07) is 0. The van der Waals surface area contributed by atoms with Gasteiger partial charge in [-0.2, -0.15) is 10.2 Å². The topological polar surface area (TPSA) is 74.0 Å². The van der Waals surface area contributed by atoms with Crippen molar-refractivity contribution in [2.75, 3.05) is 12.4 Å². The third-order valence-corrected chi connectivity index (χ3v) is 2.89. The second-order valence-corrected chi connectivity index (χ2v) is 4.31. The summed E-state index contributed by atoms with van der Waals surface area (Å²) in [6.45, 7) is 4.03. The van der Waals surface area contributed by atoms with Crippen molar-refractivity contribution in [2.24, 2.45) is 7.05 Å². The van der Waals surface area contributed by atoms with Crippen LogP contribution in [0.1, 0.15) is 21.7 Å². The molecular weight excluding hydrogens is 246 g/mol. The Labute approximate surface area is 111 Å². The Hall–Kier alpha value is -2.15. The molecule has 0 aliphatic carbocycles. The Kier molecular flexibility index (Phi) is 3.66. The lowest BCUT2D eigenvalue weighted by Gasteiger charge is -2.03. The lowest BCUT2D eigenvalue weighted by Crippen LogP contribution is -2.13. The third-order valence-electron chi connectivity index (χ3n) is 2.89. The van der Waals surface area contributed by atoms with Crippen LogP contribution < -0.4 is 5.32 Å². The molecule has 2 rings (SSSR count). The van der Waals surface area contributed by atoms with Gasteiger partial charge < -0.3 is 10.1 Å². The van der Waals surface area contributed by atoms with E-state index in [-0.39, 0.29) is 5.91 Å². The molecule has 0 saturated heterocycles. The summed E-state index contributed by atoms with van der Waals surface area (Å²) in [5.41, 5.74) is 2.77. The van der Waals surface area contributed by atoms with E-state index in [9.17, 15) is 4.79 Å². The molecule has 7 heteroatoms. The zero-order chi connectivity index (χ0) is 14.0. The fourth-order valence-electron chi connectivity index (χ4n) is 1.93. The molecule has 0 radical (unpaired) electrons. The van der Waals surface area contributed by atoms with Gasteiger partial charge in [0.2, 0.25) is 0 Å². The van der Waals surface area contributed by atoms with Crippen molar-refractivity contribution in [3.63, 3.8) is 0 Å². The minimum atomic E-state index is -0.180. The smallest absolute Gasteiger partial charge is 0.259 e. The molecule has 2 heterocycles. The first-order valence-electron chi connectivity index (χ1n) is 5.86. The van der Waals surface area contributed by atoms with Crippen LogP contribution in [0.5, 0.6) is 0 Å². The Morgan fingerprint density at radius 2 is 2.21 bits per heavy atom. The van der Waals surface area contributed by atoms with Crippen LogP contribution in [0, 0.1) is 13.8 Å². The summed E-state index contributed by atoms with van der Waals surface area (Å²) in [7, 11) is 3.40. The van der Waals surface area contributed by atoms with E-state index < -0.39 is 0 Å². The molecule has 0 aliphatic heterocycles. The van der Waals surface area contributed by atoms with Crippen molar-refractivity contribution < 1.29 is 9.53 Å². The molecule has 1 N–H and O–H groups in total. The van der Waals surface area contributed by atoms with Gasteiger partial charge in [0.25, 0.3) is 5.91 Å². The molecule has 0 atom stereocenters. The number of hydrogen-bond acceptors (Lipinski definition) is 4. The first-order chi connectivity index (χ1) is 9.02. The molecule has 0 bridgehead atoms. The SMILES string of the molecule is COCn1cc(NC(=O)c2c(C)nn(C)c2C)cn1. The average Bonchev–Trinajstić information content (AvgIpc) is 2.86. The number of carbonyl (C=O) groups is 1. The minimum absolute atomic E-state index is 0.180. The number of ether oxygens (including phenoxy) is 1. The fraction of sp³-hybridized carbons (Fsp3) is 0.417. The summed E-state index contributed by atoms with van der Waals surface area (Å²) in [6.07, 6.45) is 3.29. The molecule has 7 nitrogen and oxygen atoms in total. The van der Waals surface area contributed by atoms with Crippen molar-refractivity contribution in [3.8, 4) is 0 Å². The number of nitrogens with zero attached hydrogens (tertiary/aromatic N) is 4. The predicted molar refractivity (Wildman–Crippen MR) is 69.9 cm³/mol. The molecule has 0 spiro atoms. The van der Waals surface area contributed by atoms with Gasteiger partial charge in [0.1, 0.15) is 6.73 Å². The van der Waals surface area contributed by atoms with Crippen LogP contribution in [0.4, 0.5) is 5.69 Å². The van der Waals surface area contributed by atoms with Gasteiger partial charge in [0.05, 0.1) is 29.3 Å². The normalized spacial score (nSPS) is 10.7. The summed E-state index contributed by atoms with van der Waals surface area (Å²) in [5, 5.41) is 11.1. The molecule has 102 valence electrons. The number of methoxy groups -OCH3 is 1. The van der Waals surface area contributed by atoms with Gasteiger partial charge in [-0.3, -0.25) is 9.48 Å². The van der Waals surface area contributed by atoms with E-state index in [4.69, 9.17) is 4.74 Å². The number of nitrogens with one attached hydrogen (secondary N) is 1. The number of aryl methyl sites for hydroxylation is 2. The lowest BCUT2D eigenvalue weighted by molar-refractivity contribution is 0.102. The highest BCUT2D eigenvalue weighted by molar-refractivity contribution is 6.05. The quantitative estimate of drug-likeness (QED) is 0.896. The van der Waals surface area contributed by atoms with E-state index >= 15 is 0 Å². The highest BCUT2D eigenvalue weighted by Crippen LogP contribution is 2.14. The Bertz CT molecular complexity index is 599. The first kappa shape index (κ1) is 13.3. The van der Waals surface area contributed by atoms with Crippen molar-refractivity contribution >= 4 is 11.6 Å². The maximum Gasteiger partial charge on any atom is 0.259 e. The number of amides is 1. The van der Waals surface area contributed by atoms with Crippen LogP contribution in [0.15, 0.2) is 12.4 Å². The first-order valence-corrected chi connectivity index (χ1v) is 5.86. The van der Waals surface area contributed by atoms with E-state index in [2.05, 4.69) is 15.5 Å². The van der Waals surface area contributed by atoms with E-state index in [0.717, 1.165) is 5.69 Å². The van der Waals surface area contributed by atoms with Gasteiger partial charge >= 0.3 is 0 Å². The lowest BCUT2D eigenvalue weighted by atomic mass is 10.2. The largest absolute Gasteiger partial charge is 0.362 e. The molecular formula is C12H17N5O2. The highest BCUT2D eigenvalue weighted by atomic mass is 16.5. The molecule has 2 aromatic heterocycles. The Morgan fingerprint density at radius 3 is 2.79 bits per heavy atom. The summed E-state index contributed by atoms with van der Waals surface area (Å²) in [4.78, 5) is 12.2. The summed E-state index contributed by atoms with van der Waals surface area (Å²) >= 11 is 0. The molecule has 0 saturated carbocycles. The predicted octanol–water partition coefficient (Wildman–Crippen LogP) is 1.09. The number of hydrogen-bond donors (Lipinski definition) is 1. The zero-order valence-electron chi connectivity index (χ0n) is 11.5. The monoisotopic (exact) mass is 263 g/mol. The molecule has 0 aliphatic rings. The maximum atomic E-state index is 12.2. The highest BCUT2D eigenvalue weighted by Gasteiger charge is 2.17. The van der Waals surface area contributed by atoms with Gasteiger partial charge in [-0.25, -0.2) is 4.68 Å². The average molecular weight is 263 g/mol. The van der Waals surface area contributed by atoms with Crippen LogP contribution in [-0.4, -0.2) is 32.6 Å². The van der Waals surface area contributed by atoms with Crippen molar-refractivity contribution in [3.05, 3.63) is 29.3 Å². The second-order valence-electron chi connectivity index (χ2n) is 4.31. The number of aromatic nitrogens is 4. The van der Waals surface area contributed by atoms with Gasteiger partial charge in [-0.05, 0) is 13.8 Å². The van der Waals surface area contributed by atoms with E-state index in [1.54, 1.807) is 28.9 Å². The summed E-state index contributed by atoms with van der Waals surface area (Å²) < 4.78 is 8.24. The summed E-state index contributed by atoms with van der Waals surface area (Å²) in [5.74, 6) is -0.180. The van der Waals surface area contributed by atoms with Gasteiger partial charge in [-0.15, -0.1) is 0 Å². The van der Waals surface area contributed by atoms with Gasteiger partial charge in [0.15, 0.2) is 0 Å². The number of carbonyl (C=O) groups excluding carboxylic acids is 1. The van der Waals surface area contributed by atoms with Crippen LogP contribution >= 0.6 is 0 Å². The van der Waals surface area contributed by atoms with Crippen molar-refractivity contribution in [1.29, 1.82) is 0 Å². The molecule has 0 unspecified atom stereocenters. The molecule has 2 aromatic rings. The van der Waals surface area contributed by atoms with E-state index in [1.165, 1.54) is 0 Å². The maximum absolute atomic E-state index is 12.2. The van der Waals surface area contributed by atoms with Gasteiger partial charge in [0, 0.05) is 19.9 Å². The molecule has 0 fully saturated rings. The van der Waals surface area contributed by atoms with Crippen molar-refractivity contribution in [1.82, 2.24) is 19.6 Å². The van der Waals surface area contributed by atoms with Crippen LogP contribution in [-0.2, 0) is 18.5 Å². The number of rotatable bonds is 4. The Balaban J connectivity index is 2.16. The second kappa shape index (κ2) is 5.23. The molecule has 19 heavy (non-hydrogen) atoms. The van der Waals surface area contributed by atoms with Crippen LogP contribution in [0.25, 0.3) is 0 Å². The molecule has 0 aromatic carbocycles. The molecule has 1 amide bonds. The zero-order valence-corrected chi connectivity index (χ0v) is 11.5. The van der Waals surface area contributed by atoms with Crippen LogP contribution in [0.3, 0.4) is 0 Å². The number of anilines is 1. The Morgan fingerprint density at radius 1 is 1.47 bits per heavy atom. The third kappa shape index (κ3) is 2.65. The van der Waals surface area contributed by atoms with Gasteiger partial charge in [-0.1, -0.05) is 0 Å². The fourth-order valence-corrected chi connectivity index (χ4v) is 1.93.